The molecule has 7 heteroatoms. The zero-order chi connectivity index (χ0) is 19.2. The molecule has 0 unspecified atom stereocenters. The van der Waals surface area contributed by atoms with Crippen LogP contribution in [0.5, 0.6) is 0 Å². The van der Waals surface area contributed by atoms with Crippen molar-refractivity contribution in [1.29, 1.82) is 0 Å². The summed E-state index contributed by atoms with van der Waals surface area (Å²) in [5.74, 6) is -2.43. The van der Waals surface area contributed by atoms with E-state index in [1.165, 1.54) is 24.4 Å². The number of benzene rings is 2. The maximum Gasteiger partial charge on any atom is 0.271 e. The molecule has 134 valence electrons. The third kappa shape index (κ3) is 2.63. The summed E-state index contributed by atoms with van der Waals surface area (Å²) in [4.78, 5) is 23.8. The Hall–Kier alpha value is -3.32. The highest BCUT2D eigenvalue weighted by atomic mass is 32.2. The van der Waals surface area contributed by atoms with Crippen LogP contribution in [0.2, 0.25) is 0 Å². The highest BCUT2D eigenvalue weighted by molar-refractivity contribution is 7.90. The molecule has 0 atom stereocenters. The molecular weight excluding hydrogens is 369 g/mol. The van der Waals surface area contributed by atoms with Gasteiger partial charge in [0.25, 0.3) is 10.0 Å². The first-order chi connectivity index (χ1) is 12.9. The van der Waals surface area contributed by atoms with Crippen molar-refractivity contribution in [3.8, 4) is 11.1 Å². The summed E-state index contributed by atoms with van der Waals surface area (Å²) in [7, 11) is -4.31. The second kappa shape index (κ2) is 6.14. The SMILES string of the molecule is O=C1C=Cc2c(c(-c3ccccc3)cn2S(=O)(=O)c2ccccc2F)C1=O. The van der Waals surface area contributed by atoms with Gasteiger partial charge in [-0.3, -0.25) is 9.59 Å². The number of Topliss-reactive ketones (excluding diaryl/α,β-unsaturated/α-hetero) is 1. The first-order valence-electron chi connectivity index (χ1n) is 7.99. The zero-order valence-corrected chi connectivity index (χ0v) is 14.6. The molecule has 0 amide bonds. The zero-order valence-electron chi connectivity index (χ0n) is 13.8. The van der Waals surface area contributed by atoms with Gasteiger partial charge in [-0.25, -0.2) is 16.8 Å². The van der Waals surface area contributed by atoms with E-state index in [9.17, 15) is 22.4 Å². The van der Waals surface area contributed by atoms with Gasteiger partial charge in [0.15, 0.2) is 0 Å². The van der Waals surface area contributed by atoms with Crippen LogP contribution in [-0.4, -0.2) is 24.0 Å². The number of rotatable bonds is 3. The summed E-state index contributed by atoms with van der Waals surface area (Å²) >= 11 is 0. The molecule has 1 heterocycles. The van der Waals surface area contributed by atoms with Gasteiger partial charge in [-0.15, -0.1) is 0 Å². The molecule has 0 fully saturated rings. The van der Waals surface area contributed by atoms with Crippen LogP contribution < -0.4 is 0 Å². The van der Waals surface area contributed by atoms with Crippen LogP contribution in [-0.2, 0) is 14.8 Å². The highest BCUT2D eigenvalue weighted by Gasteiger charge is 2.33. The van der Waals surface area contributed by atoms with Crippen molar-refractivity contribution in [2.24, 2.45) is 0 Å². The van der Waals surface area contributed by atoms with Crippen molar-refractivity contribution in [1.82, 2.24) is 3.97 Å². The monoisotopic (exact) mass is 381 g/mol. The Morgan fingerprint density at radius 2 is 1.52 bits per heavy atom. The molecule has 0 saturated heterocycles. The van der Waals surface area contributed by atoms with Gasteiger partial charge in [0.05, 0.1) is 11.3 Å². The Bertz CT molecular complexity index is 1220. The summed E-state index contributed by atoms with van der Waals surface area (Å²) < 4.78 is 41.1. The highest BCUT2D eigenvalue weighted by Crippen LogP contribution is 2.34. The maximum absolute atomic E-state index is 14.1. The molecule has 1 aliphatic carbocycles. The van der Waals surface area contributed by atoms with Crippen LogP contribution in [0.15, 0.2) is 71.8 Å². The molecule has 27 heavy (non-hydrogen) atoms. The van der Waals surface area contributed by atoms with Crippen LogP contribution in [0.3, 0.4) is 0 Å². The van der Waals surface area contributed by atoms with Gasteiger partial charge in [-0.2, -0.15) is 0 Å². The van der Waals surface area contributed by atoms with E-state index in [0.29, 0.717) is 11.1 Å². The first-order valence-corrected chi connectivity index (χ1v) is 9.43. The van der Waals surface area contributed by atoms with Crippen molar-refractivity contribution in [2.45, 2.75) is 4.90 Å². The summed E-state index contributed by atoms with van der Waals surface area (Å²) in [6, 6.07) is 13.6. The average Bonchev–Trinajstić information content (AvgIpc) is 3.07. The van der Waals surface area contributed by atoms with Gasteiger partial charge in [-0.1, -0.05) is 42.5 Å². The van der Waals surface area contributed by atoms with Crippen LogP contribution >= 0.6 is 0 Å². The molecule has 0 saturated carbocycles. The Morgan fingerprint density at radius 3 is 2.22 bits per heavy atom. The fraction of sp³-hybridized carbons (Fsp3) is 0. The summed E-state index contributed by atoms with van der Waals surface area (Å²) in [6.07, 6.45) is 3.54. The molecule has 1 aliphatic rings. The lowest BCUT2D eigenvalue weighted by Gasteiger charge is -2.11. The minimum Gasteiger partial charge on any atom is -0.286 e. The van der Waals surface area contributed by atoms with Crippen molar-refractivity contribution in [3.63, 3.8) is 0 Å². The van der Waals surface area contributed by atoms with Crippen LogP contribution in [0.1, 0.15) is 16.1 Å². The van der Waals surface area contributed by atoms with Crippen molar-refractivity contribution < 1.29 is 22.4 Å². The molecule has 5 nitrogen and oxygen atoms in total. The second-order valence-electron chi connectivity index (χ2n) is 5.93. The van der Waals surface area contributed by atoms with E-state index >= 15 is 0 Å². The fourth-order valence-electron chi connectivity index (χ4n) is 3.04. The third-order valence-electron chi connectivity index (χ3n) is 4.31. The molecule has 3 aromatic rings. The number of hydrogen-bond donors (Lipinski definition) is 0. The molecule has 2 aromatic carbocycles. The van der Waals surface area contributed by atoms with E-state index in [-0.39, 0.29) is 11.3 Å². The molecule has 1 aromatic heterocycles. The molecule has 0 spiro atoms. The van der Waals surface area contributed by atoms with Crippen LogP contribution in [0, 0.1) is 5.82 Å². The van der Waals surface area contributed by atoms with Crippen molar-refractivity contribution >= 4 is 27.7 Å². The Balaban J connectivity index is 2.04. The third-order valence-corrected chi connectivity index (χ3v) is 6.02. The van der Waals surface area contributed by atoms with Crippen LogP contribution in [0.4, 0.5) is 4.39 Å². The number of nitrogens with zero attached hydrogens (tertiary/aromatic N) is 1. The van der Waals surface area contributed by atoms with E-state index < -0.39 is 32.3 Å². The van der Waals surface area contributed by atoms with Gasteiger partial charge < -0.3 is 0 Å². The largest absolute Gasteiger partial charge is 0.286 e. The number of halogens is 1. The Kier molecular flexibility index (Phi) is 3.89. The predicted octanol–water partition coefficient (Wildman–Crippen LogP) is 3.31. The van der Waals surface area contributed by atoms with Crippen molar-refractivity contribution in [3.05, 3.63) is 83.9 Å². The Labute approximate surface area is 154 Å². The fourth-order valence-corrected chi connectivity index (χ4v) is 4.48. The molecule has 0 radical (unpaired) electrons. The van der Waals surface area contributed by atoms with Gasteiger partial charge in [-0.05, 0) is 29.8 Å². The average molecular weight is 381 g/mol. The topological polar surface area (TPSA) is 73.2 Å². The lowest BCUT2D eigenvalue weighted by Crippen LogP contribution is -2.20. The number of carbonyl (C=O) groups excluding carboxylic acids is 2. The number of allylic oxidation sites excluding steroid dienone is 1. The van der Waals surface area contributed by atoms with Crippen LogP contribution in [0.25, 0.3) is 17.2 Å². The maximum atomic E-state index is 14.1. The normalized spacial score (nSPS) is 13.7. The lowest BCUT2D eigenvalue weighted by molar-refractivity contribution is -0.110. The van der Waals surface area contributed by atoms with E-state index in [2.05, 4.69) is 0 Å². The summed E-state index contributed by atoms with van der Waals surface area (Å²) in [5, 5.41) is 0. The standard InChI is InChI=1S/C20H12FNO4S/c21-15-8-4-5-9-18(15)27(25,26)22-12-14(13-6-2-1-3-7-13)19-16(22)10-11-17(23)20(19)24/h1-12H. The predicted molar refractivity (Wildman–Crippen MR) is 97.2 cm³/mol. The van der Waals surface area contributed by atoms with Gasteiger partial charge in [0.2, 0.25) is 11.6 Å². The first kappa shape index (κ1) is 17.1. The number of ketones is 2. The quantitative estimate of drug-likeness (QED) is 0.653. The number of aromatic nitrogens is 1. The smallest absolute Gasteiger partial charge is 0.271 e. The lowest BCUT2D eigenvalue weighted by atomic mass is 9.94. The van der Waals surface area contributed by atoms with Gasteiger partial charge >= 0.3 is 0 Å². The Morgan fingerprint density at radius 1 is 0.852 bits per heavy atom. The summed E-state index contributed by atoms with van der Waals surface area (Å²) in [5.41, 5.74) is 0.899. The van der Waals surface area contributed by atoms with E-state index in [4.69, 9.17) is 0 Å². The molecular formula is C20H12FNO4S. The molecule has 0 N–H and O–H groups in total. The number of carbonyl (C=O) groups is 2. The minimum atomic E-state index is -4.31. The van der Waals surface area contributed by atoms with E-state index in [1.54, 1.807) is 30.3 Å². The van der Waals surface area contributed by atoms with Crippen molar-refractivity contribution in [2.75, 3.05) is 0 Å². The van der Waals surface area contributed by atoms with Gasteiger partial charge in [0, 0.05) is 11.8 Å². The van der Waals surface area contributed by atoms with E-state index in [0.717, 1.165) is 22.2 Å². The number of fused-ring (bicyclic) bond motifs is 1. The number of hydrogen-bond acceptors (Lipinski definition) is 4. The van der Waals surface area contributed by atoms with Gasteiger partial charge in [0.1, 0.15) is 10.7 Å². The second-order valence-corrected chi connectivity index (χ2v) is 7.71. The summed E-state index contributed by atoms with van der Waals surface area (Å²) in [6.45, 7) is 0. The van der Waals surface area contributed by atoms with E-state index in [1.807, 2.05) is 0 Å². The molecule has 0 aliphatic heterocycles. The molecule has 0 bridgehead atoms. The molecule has 4 rings (SSSR count). The minimum absolute atomic E-state index is 0.00591.